The van der Waals surface area contributed by atoms with Crippen molar-refractivity contribution in [3.8, 4) is 11.5 Å². The standard InChI is InChI=1S/C28H42N2O6S2/c1-9-35-25-15-21(7)23(19(3)4)17-27(25)37(31,32)29-11-13-30(14-12-29)38(33,34)28-18-24(20(5)6)22(8)16-26(28)36-10-2/h15-20H,9-14H2,1-8H3. The fourth-order valence-electron chi connectivity index (χ4n) is 4.97. The van der Waals surface area contributed by atoms with Gasteiger partial charge in [-0.15, -0.1) is 0 Å². The van der Waals surface area contributed by atoms with Crippen LogP contribution in [0.15, 0.2) is 34.1 Å². The van der Waals surface area contributed by atoms with Crippen molar-refractivity contribution in [1.82, 2.24) is 8.61 Å². The molecule has 0 aliphatic carbocycles. The van der Waals surface area contributed by atoms with Gasteiger partial charge in [-0.2, -0.15) is 8.61 Å². The Morgan fingerprint density at radius 3 is 1.24 bits per heavy atom. The van der Waals surface area contributed by atoms with Crippen molar-refractivity contribution in [2.75, 3.05) is 39.4 Å². The zero-order chi connectivity index (χ0) is 28.4. The van der Waals surface area contributed by atoms with Gasteiger partial charge in [-0.3, -0.25) is 0 Å². The number of sulfonamides is 2. The van der Waals surface area contributed by atoms with Crippen molar-refractivity contribution in [3.05, 3.63) is 46.5 Å². The summed E-state index contributed by atoms with van der Waals surface area (Å²) in [5.74, 6) is 0.941. The molecule has 1 aliphatic rings. The van der Waals surface area contributed by atoms with E-state index >= 15 is 0 Å². The first-order chi connectivity index (χ1) is 17.7. The summed E-state index contributed by atoms with van der Waals surface area (Å²) >= 11 is 0. The molecule has 212 valence electrons. The van der Waals surface area contributed by atoms with Crippen molar-refractivity contribution < 1.29 is 26.3 Å². The molecule has 0 spiro atoms. The molecule has 0 saturated carbocycles. The third-order valence-electron chi connectivity index (χ3n) is 6.94. The molecule has 0 aromatic heterocycles. The molecule has 2 aromatic rings. The molecule has 10 heteroatoms. The zero-order valence-electron chi connectivity index (χ0n) is 23.9. The highest BCUT2D eigenvalue weighted by molar-refractivity contribution is 7.89. The van der Waals surface area contributed by atoms with E-state index in [1.165, 1.54) is 8.61 Å². The third-order valence-corrected chi connectivity index (χ3v) is 10.8. The SMILES string of the molecule is CCOc1cc(C)c(C(C)C)cc1S(=O)(=O)N1CCN(S(=O)(=O)c2cc(C(C)C)c(C)cc2OCC)CC1. The van der Waals surface area contributed by atoms with Crippen LogP contribution in [0.4, 0.5) is 0 Å². The highest BCUT2D eigenvalue weighted by Crippen LogP contribution is 2.36. The monoisotopic (exact) mass is 566 g/mol. The third kappa shape index (κ3) is 6.03. The van der Waals surface area contributed by atoms with Crippen LogP contribution < -0.4 is 9.47 Å². The van der Waals surface area contributed by atoms with Gasteiger partial charge in [0.25, 0.3) is 0 Å². The molecule has 0 atom stereocenters. The molecule has 8 nitrogen and oxygen atoms in total. The Kier molecular flexibility index (Phi) is 9.55. The summed E-state index contributed by atoms with van der Waals surface area (Å²) in [4.78, 5) is 0.257. The molecule has 38 heavy (non-hydrogen) atoms. The topological polar surface area (TPSA) is 93.2 Å². The number of ether oxygens (including phenoxy) is 2. The van der Waals surface area contributed by atoms with E-state index in [0.717, 1.165) is 22.3 Å². The minimum absolute atomic E-state index is 0.0465. The minimum Gasteiger partial charge on any atom is -0.492 e. The Morgan fingerprint density at radius 1 is 0.658 bits per heavy atom. The van der Waals surface area contributed by atoms with E-state index in [4.69, 9.17) is 9.47 Å². The van der Waals surface area contributed by atoms with E-state index in [-0.39, 0.29) is 47.8 Å². The van der Waals surface area contributed by atoms with E-state index in [2.05, 4.69) is 0 Å². The van der Waals surface area contributed by atoms with Crippen LogP contribution in [0, 0.1) is 13.8 Å². The number of benzene rings is 2. The highest BCUT2D eigenvalue weighted by atomic mass is 32.2. The van der Waals surface area contributed by atoms with Gasteiger partial charge >= 0.3 is 0 Å². The summed E-state index contributed by atoms with van der Waals surface area (Å²) < 4.78 is 69.1. The molecule has 0 bridgehead atoms. The Balaban J connectivity index is 1.93. The van der Waals surface area contributed by atoms with Crippen LogP contribution in [-0.4, -0.2) is 64.8 Å². The molecule has 0 unspecified atom stereocenters. The molecule has 1 aliphatic heterocycles. The number of rotatable bonds is 10. The smallest absolute Gasteiger partial charge is 0.246 e. The number of hydrogen-bond acceptors (Lipinski definition) is 6. The molecular weight excluding hydrogens is 524 g/mol. The first kappa shape index (κ1) is 30.4. The molecule has 1 fully saturated rings. The maximum absolute atomic E-state index is 13.7. The lowest BCUT2D eigenvalue weighted by atomic mass is 9.98. The number of piperazine rings is 1. The lowest BCUT2D eigenvalue weighted by Gasteiger charge is -2.34. The quantitative estimate of drug-likeness (QED) is 0.400. The number of nitrogens with zero attached hydrogens (tertiary/aromatic N) is 2. The Hall–Kier alpha value is -2.14. The van der Waals surface area contributed by atoms with Crippen LogP contribution in [0.5, 0.6) is 11.5 Å². The van der Waals surface area contributed by atoms with Gasteiger partial charge in [0.2, 0.25) is 20.0 Å². The van der Waals surface area contributed by atoms with Gasteiger partial charge in [0.05, 0.1) is 13.2 Å². The highest BCUT2D eigenvalue weighted by Gasteiger charge is 2.37. The first-order valence-electron chi connectivity index (χ1n) is 13.3. The molecule has 0 amide bonds. The van der Waals surface area contributed by atoms with Crippen LogP contribution >= 0.6 is 0 Å². The molecule has 3 rings (SSSR count). The van der Waals surface area contributed by atoms with Crippen molar-refractivity contribution >= 4 is 20.0 Å². The lowest BCUT2D eigenvalue weighted by molar-refractivity contribution is 0.269. The van der Waals surface area contributed by atoms with E-state index in [0.29, 0.717) is 24.7 Å². The Labute approximate surface area is 229 Å². The van der Waals surface area contributed by atoms with Crippen LogP contribution in [0.2, 0.25) is 0 Å². The maximum atomic E-state index is 13.7. The van der Waals surface area contributed by atoms with Crippen molar-refractivity contribution in [1.29, 1.82) is 0 Å². The summed E-state index contributed by atoms with van der Waals surface area (Å²) in [6.07, 6.45) is 0. The fraction of sp³-hybridized carbons (Fsp3) is 0.571. The second kappa shape index (κ2) is 11.9. The van der Waals surface area contributed by atoms with Crippen LogP contribution in [-0.2, 0) is 20.0 Å². The predicted octanol–water partition coefficient (Wildman–Crippen LogP) is 5.04. The molecular formula is C28H42N2O6S2. The lowest BCUT2D eigenvalue weighted by Crippen LogP contribution is -2.50. The first-order valence-corrected chi connectivity index (χ1v) is 16.2. The number of aryl methyl sites for hydroxylation is 2. The van der Waals surface area contributed by atoms with Gasteiger partial charge < -0.3 is 9.47 Å². The van der Waals surface area contributed by atoms with Gasteiger partial charge in [-0.05, 0) is 86.1 Å². The minimum atomic E-state index is -3.90. The summed E-state index contributed by atoms with van der Waals surface area (Å²) in [5, 5.41) is 0. The van der Waals surface area contributed by atoms with Gasteiger partial charge in [-0.1, -0.05) is 27.7 Å². The molecule has 1 heterocycles. The summed E-state index contributed by atoms with van der Waals surface area (Å²) in [6.45, 7) is 16.5. The molecule has 2 aromatic carbocycles. The van der Waals surface area contributed by atoms with E-state index in [1.54, 1.807) is 24.3 Å². The maximum Gasteiger partial charge on any atom is 0.246 e. The van der Waals surface area contributed by atoms with Crippen molar-refractivity contribution in [2.24, 2.45) is 0 Å². The predicted molar refractivity (Wildman–Crippen MR) is 150 cm³/mol. The Morgan fingerprint density at radius 2 is 0.974 bits per heavy atom. The summed E-state index contributed by atoms with van der Waals surface area (Å²) in [7, 11) is -7.80. The molecule has 0 radical (unpaired) electrons. The average molecular weight is 567 g/mol. The van der Waals surface area contributed by atoms with Crippen LogP contribution in [0.1, 0.15) is 75.6 Å². The second-order valence-corrected chi connectivity index (χ2v) is 14.1. The van der Waals surface area contributed by atoms with Gasteiger partial charge in [0.15, 0.2) is 0 Å². The van der Waals surface area contributed by atoms with Crippen molar-refractivity contribution in [3.63, 3.8) is 0 Å². The van der Waals surface area contributed by atoms with Crippen molar-refractivity contribution in [2.45, 2.75) is 77.0 Å². The Bertz CT molecular complexity index is 1250. The van der Waals surface area contributed by atoms with Gasteiger partial charge in [-0.25, -0.2) is 16.8 Å². The van der Waals surface area contributed by atoms with Gasteiger partial charge in [0.1, 0.15) is 21.3 Å². The van der Waals surface area contributed by atoms with Crippen LogP contribution in [0.3, 0.4) is 0 Å². The fourth-order valence-corrected chi connectivity index (χ4v) is 8.11. The van der Waals surface area contributed by atoms with E-state index < -0.39 is 20.0 Å². The van der Waals surface area contributed by atoms with E-state index in [1.807, 2.05) is 55.4 Å². The average Bonchev–Trinajstić information content (AvgIpc) is 2.84. The molecule has 1 saturated heterocycles. The summed E-state index contributed by atoms with van der Waals surface area (Å²) in [5.41, 5.74) is 3.83. The van der Waals surface area contributed by atoms with Gasteiger partial charge in [0, 0.05) is 26.2 Å². The van der Waals surface area contributed by atoms with Crippen LogP contribution in [0.25, 0.3) is 0 Å². The largest absolute Gasteiger partial charge is 0.492 e. The second-order valence-electron chi connectivity index (χ2n) is 10.3. The zero-order valence-corrected chi connectivity index (χ0v) is 25.5. The summed E-state index contributed by atoms with van der Waals surface area (Å²) in [6, 6.07) is 6.98. The normalized spacial score (nSPS) is 15.8. The molecule has 0 N–H and O–H groups in total. The van der Waals surface area contributed by atoms with E-state index in [9.17, 15) is 16.8 Å². The number of hydrogen-bond donors (Lipinski definition) is 0.